The number of rotatable bonds is 37. The van der Waals surface area contributed by atoms with Crippen LogP contribution in [0.4, 0.5) is 0 Å². The molecule has 0 aliphatic heterocycles. The molecule has 48 heavy (non-hydrogen) atoms. The maximum atomic E-state index is 11.4. The standard InChI is InChI=1S/C43H79NO4/c1-4-6-8-10-12-14-16-18-20-22-24-26-28-30-32-34-37-43(47,48-40-36-39-44(3)41-42(45)46)38-35-33-31-29-27-25-23-21-19-17-15-13-11-9-7-5-2/h12-15,18-21,47H,4-11,16-17,22-41H2,1-3H3,(H,45,46). The van der Waals surface area contributed by atoms with Crippen LogP contribution >= 0.6 is 0 Å². The molecule has 5 nitrogen and oxygen atoms in total. The highest BCUT2D eigenvalue weighted by Crippen LogP contribution is 2.25. The molecule has 0 aliphatic rings. The van der Waals surface area contributed by atoms with E-state index in [2.05, 4.69) is 62.5 Å². The quantitative estimate of drug-likeness (QED) is 0.0390. The van der Waals surface area contributed by atoms with Crippen molar-refractivity contribution in [2.45, 2.75) is 193 Å². The minimum absolute atomic E-state index is 0.0317. The molecule has 0 aliphatic carbocycles. The molecule has 0 unspecified atom stereocenters. The molecule has 0 heterocycles. The van der Waals surface area contributed by atoms with E-state index in [0.717, 1.165) is 44.9 Å². The Morgan fingerprint density at radius 1 is 0.562 bits per heavy atom. The first-order valence-electron chi connectivity index (χ1n) is 20.3. The summed E-state index contributed by atoms with van der Waals surface area (Å²) in [5.41, 5.74) is 0. The second kappa shape index (κ2) is 36.6. The number of allylic oxidation sites excluding steroid dienone is 8. The number of ether oxygens (including phenoxy) is 1. The van der Waals surface area contributed by atoms with Crippen molar-refractivity contribution < 1.29 is 19.7 Å². The van der Waals surface area contributed by atoms with Gasteiger partial charge in [0.25, 0.3) is 0 Å². The Morgan fingerprint density at radius 3 is 1.33 bits per heavy atom. The highest BCUT2D eigenvalue weighted by atomic mass is 16.6. The van der Waals surface area contributed by atoms with Crippen molar-refractivity contribution in [3.05, 3.63) is 48.6 Å². The molecule has 280 valence electrons. The molecule has 0 saturated heterocycles. The summed E-state index contributed by atoms with van der Waals surface area (Å²) >= 11 is 0. The summed E-state index contributed by atoms with van der Waals surface area (Å²) in [4.78, 5) is 12.7. The average molecular weight is 674 g/mol. The molecule has 0 radical (unpaired) electrons. The summed E-state index contributed by atoms with van der Waals surface area (Å²) in [5.74, 6) is -1.87. The molecular formula is C43H79NO4. The van der Waals surface area contributed by atoms with Crippen LogP contribution in [0.1, 0.15) is 187 Å². The van der Waals surface area contributed by atoms with Crippen molar-refractivity contribution in [2.24, 2.45) is 0 Å². The maximum Gasteiger partial charge on any atom is 0.317 e. The van der Waals surface area contributed by atoms with E-state index in [9.17, 15) is 9.90 Å². The number of likely N-dealkylation sites (N-methyl/N-ethyl adjacent to an activating group) is 1. The Bertz CT molecular complexity index is 755. The summed E-state index contributed by atoms with van der Waals surface area (Å²) in [6.07, 6.45) is 49.6. The van der Waals surface area contributed by atoms with Crippen molar-refractivity contribution in [1.29, 1.82) is 0 Å². The van der Waals surface area contributed by atoms with Gasteiger partial charge in [-0.25, -0.2) is 0 Å². The van der Waals surface area contributed by atoms with Crippen LogP contribution in [0.15, 0.2) is 48.6 Å². The van der Waals surface area contributed by atoms with Crippen molar-refractivity contribution in [3.63, 3.8) is 0 Å². The van der Waals surface area contributed by atoms with Crippen molar-refractivity contribution in [3.8, 4) is 0 Å². The van der Waals surface area contributed by atoms with Gasteiger partial charge in [-0.15, -0.1) is 0 Å². The van der Waals surface area contributed by atoms with E-state index >= 15 is 0 Å². The number of hydrogen-bond donors (Lipinski definition) is 2. The van der Waals surface area contributed by atoms with Gasteiger partial charge in [-0.3, -0.25) is 9.69 Å². The predicted molar refractivity (Wildman–Crippen MR) is 209 cm³/mol. The molecule has 0 aromatic carbocycles. The monoisotopic (exact) mass is 674 g/mol. The first kappa shape index (κ1) is 46.3. The van der Waals surface area contributed by atoms with E-state index in [1.165, 1.54) is 116 Å². The van der Waals surface area contributed by atoms with Crippen LogP contribution in [0.3, 0.4) is 0 Å². The van der Waals surface area contributed by atoms with Gasteiger partial charge in [0.2, 0.25) is 0 Å². The zero-order chi connectivity index (χ0) is 35.2. The van der Waals surface area contributed by atoms with E-state index in [1.54, 1.807) is 4.90 Å². The van der Waals surface area contributed by atoms with Crippen LogP contribution in [0.25, 0.3) is 0 Å². The number of carboxylic acid groups (broad SMARTS) is 1. The Kier molecular flexibility index (Phi) is 35.3. The van der Waals surface area contributed by atoms with Crippen molar-refractivity contribution >= 4 is 5.97 Å². The van der Waals surface area contributed by atoms with E-state index < -0.39 is 11.8 Å². The Morgan fingerprint density at radius 2 is 0.938 bits per heavy atom. The number of aliphatic hydroxyl groups is 1. The smallest absolute Gasteiger partial charge is 0.317 e. The minimum Gasteiger partial charge on any atom is -0.480 e. The van der Waals surface area contributed by atoms with Crippen LogP contribution in [0, 0.1) is 0 Å². The lowest BCUT2D eigenvalue weighted by molar-refractivity contribution is -0.214. The molecule has 0 aromatic heterocycles. The molecule has 0 rings (SSSR count). The van der Waals surface area contributed by atoms with Crippen LogP contribution in [-0.2, 0) is 9.53 Å². The van der Waals surface area contributed by atoms with Crippen LogP contribution < -0.4 is 0 Å². The van der Waals surface area contributed by atoms with Gasteiger partial charge in [-0.05, 0) is 90.5 Å². The summed E-state index contributed by atoms with van der Waals surface area (Å²) < 4.78 is 6.09. The summed E-state index contributed by atoms with van der Waals surface area (Å²) in [6.45, 7) is 5.65. The molecular weight excluding hydrogens is 594 g/mol. The van der Waals surface area contributed by atoms with Crippen LogP contribution in [0.5, 0.6) is 0 Å². The van der Waals surface area contributed by atoms with Gasteiger partial charge in [-0.1, -0.05) is 140 Å². The summed E-state index contributed by atoms with van der Waals surface area (Å²) in [6, 6.07) is 0. The normalized spacial score (nSPS) is 13.7. The first-order valence-corrected chi connectivity index (χ1v) is 20.3. The molecule has 2 N–H and O–H groups in total. The maximum absolute atomic E-state index is 11.4. The number of hydrogen-bond acceptors (Lipinski definition) is 4. The third-order valence-corrected chi connectivity index (χ3v) is 9.00. The lowest BCUT2D eigenvalue weighted by Gasteiger charge is -2.29. The van der Waals surface area contributed by atoms with Gasteiger partial charge in [-0.2, -0.15) is 0 Å². The molecule has 0 saturated carbocycles. The van der Waals surface area contributed by atoms with Gasteiger partial charge in [0.05, 0.1) is 13.2 Å². The molecule has 0 atom stereocenters. The fraction of sp³-hybridized carbons (Fsp3) is 0.791. The topological polar surface area (TPSA) is 70.0 Å². The SMILES string of the molecule is CCCCCC=CCC=CCCCCCCCCC(O)(CCCCCCCCC=CCC=CCCCCC)OCCCN(C)CC(=O)O. The lowest BCUT2D eigenvalue weighted by atomic mass is 9.98. The van der Waals surface area contributed by atoms with Gasteiger partial charge in [0.15, 0.2) is 5.79 Å². The Hall–Kier alpha value is -1.69. The third kappa shape index (κ3) is 35.6. The van der Waals surface area contributed by atoms with E-state index in [-0.39, 0.29) is 6.54 Å². The molecule has 0 bridgehead atoms. The first-order chi connectivity index (χ1) is 23.4. The number of unbranched alkanes of at least 4 members (excludes halogenated alkanes) is 18. The van der Waals surface area contributed by atoms with E-state index in [1.807, 2.05) is 7.05 Å². The summed E-state index contributed by atoms with van der Waals surface area (Å²) in [5, 5.41) is 20.4. The Labute approximate surface area is 298 Å². The van der Waals surface area contributed by atoms with Crippen LogP contribution in [-0.4, -0.2) is 53.6 Å². The second-order valence-electron chi connectivity index (χ2n) is 13.9. The lowest BCUT2D eigenvalue weighted by Crippen LogP contribution is -2.34. The number of carbonyl (C=O) groups is 1. The molecule has 0 spiro atoms. The molecule has 0 aromatic rings. The van der Waals surface area contributed by atoms with Gasteiger partial charge in [0.1, 0.15) is 0 Å². The second-order valence-corrected chi connectivity index (χ2v) is 13.9. The fourth-order valence-corrected chi connectivity index (χ4v) is 5.95. The van der Waals surface area contributed by atoms with Crippen molar-refractivity contribution in [1.82, 2.24) is 4.90 Å². The van der Waals surface area contributed by atoms with Crippen molar-refractivity contribution in [2.75, 3.05) is 26.7 Å². The number of aliphatic carboxylic acids is 1. The highest BCUT2D eigenvalue weighted by Gasteiger charge is 2.26. The third-order valence-electron chi connectivity index (χ3n) is 9.00. The van der Waals surface area contributed by atoms with E-state index in [4.69, 9.17) is 9.84 Å². The molecule has 5 heteroatoms. The van der Waals surface area contributed by atoms with Gasteiger partial charge < -0.3 is 14.9 Å². The Balaban J connectivity index is 4.17. The zero-order valence-corrected chi connectivity index (χ0v) is 32.0. The van der Waals surface area contributed by atoms with Crippen LogP contribution in [0.2, 0.25) is 0 Å². The highest BCUT2D eigenvalue weighted by molar-refractivity contribution is 5.68. The van der Waals surface area contributed by atoms with Gasteiger partial charge >= 0.3 is 5.97 Å². The number of carboxylic acids is 1. The fourth-order valence-electron chi connectivity index (χ4n) is 5.95. The minimum atomic E-state index is -1.06. The largest absolute Gasteiger partial charge is 0.480 e. The number of nitrogens with zero attached hydrogens (tertiary/aromatic N) is 1. The average Bonchev–Trinajstić information content (AvgIpc) is 3.06. The predicted octanol–water partition coefficient (Wildman–Crippen LogP) is 12.5. The van der Waals surface area contributed by atoms with E-state index in [0.29, 0.717) is 26.0 Å². The molecule has 0 fully saturated rings. The summed E-state index contributed by atoms with van der Waals surface area (Å²) in [7, 11) is 1.81. The van der Waals surface area contributed by atoms with Gasteiger partial charge in [0, 0.05) is 19.4 Å². The zero-order valence-electron chi connectivity index (χ0n) is 32.0. The molecule has 0 amide bonds.